The number of hydrogen-bond donors (Lipinski definition) is 1. The molecule has 172 valence electrons. The Morgan fingerprint density at radius 2 is 2.03 bits per heavy atom. The monoisotopic (exact) mass is 498 g/mol. The summed E-state index contributed by atoms with van der Waals surface area (Å²) in [6, 6.07) is -0.877. The van der Waals surface area contributed by atoms with Crippen molar-refractivity contribution in [3.63, 3.8) is 0 Å². The van der Waals surface area contributed by atoms with Crippen molar-refractivity contribution in [2.45, 2.75) is 49.6 Å². The maximum atomic E-state index is 13.4. The molecule has 0 bridgehead atoms. The van der Waals surface area contributed by atoms with Gasteiger partial charge in [0.15, 0.2) is 25.6 Å². The number of amides is 1. The zero-order valence-corrected chi connectivity index (χ0v) is 20.0. The number of aryl methyl sites for hydroxylation is 1. The van der Waals surface area contributed by atoms with Gasteiger partial charge in [-0.05, 0) is 12.3 Å². The Morgan fingerprint density at radius 1 is 1.31 bits per heavy atom. The number of thiazole rings is 1. The highest BCUT2D eigenvalue weighted by Crippen LogP contribution is 2.32. The summed E-state index contributed by atoms with van der Waals surface area (Å²) in [7, 11) is -2.26. The topological polar surface area (TPSA) is 129 Å². The molecule has 0 aromatic carbocycles. The van der Waals surface area contributed by atoms with E-state index in [0.29, 0.717) is 15.9 Å². The van der Waals surface area contributed by atoms with Gasteiger partial charge < -0.3 is 5.32 Å². The number of fused-ring (bicyclic) bond motifs is 1. The minimum absolute atomic E-state index is 0.115. The number of nitrogens with one attached hydrogen (secondary N) is 1. The van der Waals surface area contributed by atoms with Crippen molar-refractivity contribution < 1.29 is 13.2 Å². The number of aromatic nitrogens is 5. The summed E-state index contributed by atoms with van der Waals surface area (Å²) in [6.07, 6.45) is 9.41. The van der Waals surface area contributed by atoms with Crippen LogP contribution < -0.4 is 10.9 Å². The van der Waals surface area contributed by atoms with Crippen LogP contribution in [-0.2, 0) is 21.7 Å². The van der Waals surface area contributed by atoms with Gasteiger partial charge >= 0.3 is 0 Å². The molecule has 3 aromatic rings. The van der Waals surface area contributed by atoms with Crippen LogP contribution in [0.5, 0.6) is 0 Å². The largest absolute Gasteiger partial charge is 0.300 e. The lowest BCUT2D eigenvalue weighted by atomic mass is 9.84. The molecule has 0 radical (unpaired) electrons. The average Bonchev–Trinajstić information content (AvgIpc) is 3.30. The molecule has 4 rings (SSSR count). The number of hydrogen-bond acceptors (Lipinski definition) is 8. The molecule has 0 aliphatic heterocycles. The van der Waals surface area contributed by atoms with Gasteiger partial charge in [0.05, 0.1) is 6.20 Å². The van der Waals surface area contributed by atoms with Crippen molar-refractivity contribution in [3.05, 3.63) is 27.2 Å². The van der Waals surface area contributed by atoms with E-state index in [9.17, 15) is 18.0 Å². The Balaban J connectivity index is 1.79. The van der Waals surface area contributed by atoms with E-state index in [4.69, 9.17) is 11.6 Å². The predicted octanol–water partition coefficient (Wildman–Crippen LogP) is 2.79. The summed E-state index contributed by atoms with van der Waals surface area (Å²) >= 11 is 7.04. The van der Waals surface area contributed by atoms with Crippen molar-refractivity contribution in [2.24, 2.45) is 13.0 Å². The number of nitrogens with zero attached hydrogens (tertiary/aromatic N) is 5. The Hall–Kier alpha value is -2.31. The minimum Gasteiger partial charge on any atom is -0.300 e. The second-order valence-corrected chi connectivity index (χ2v) is 11.7. The predicted molar refractivity (Wildman–Crippen MR) is 122 cm³/mol. The van der Waals surface area contributed by atoms with E-state index in [1.54, 1.807) is 0 Å². The van der Waals surface area contributed by atoms with Crippen LogP contribution in [0.1, 0.15) is 44.6 Å². The van der Waals surface area contributed by atoms with Gasteiger partial charge in [0.1, 0.15) is 22.1 Å². The first kappa shape index (κ1) is 22.9. The van der Waals surface area contributed by atoms with Crippen LogP contribution >= 0.6 is 22.9 Å². The van der Waals surface area contributed by atoms with Gasteiger partial charge in [0.25, 0.3) is 5.56 Å². The quantitative estimate of drug-likeness (QED) is 0.553. The van der Waals surface area contributed by atoms with E-state index in [-0.39, 0.29) is 22.0 Å². The van der Waals surface area contributed by atoms with E-state index in [1.807, 2.05) is 0 Å². The third kappa shape index (κ3) is 4.57. The van der Waals surface area contributed by atoms with Crippen LogP contribution in [0.3, 0.4) is 0 Å². The molecule has 1 unspecified atom stereocenters. The van der Waals surface area contributed by atoms with E-state index in [0.717, 1.165) is 49.7 Å². The SMILES string of the molecule is Cn1nc(S(C)(=O)=O)c2c(=O)n(C(CC3CCCCC3)C(=O)Nc3ncc(Cl)s3)cnc21. The van der Waals surface area contributed by atoms with Gasteiger partial charge in [0.2, 0.25) is 5.91 Å². The lowest BCUT2D eigenvalue weighted by Crippen LogP contribution is -2.35. The van der Waals surface area contributed by atoms with Gasteiger partial charge in [-0.2, -0.15) is 5.10 Å². The van der Waals surface area contributed by atoms with Crippen molar-refractivity contribution in [2.75, 3.05) is 11.6 Å². The Kier molecular flexibility index (Phi) is 6.37. The molecule has 1 N–H and O–H groups in total. The average molecular weight is 499 g/mol. The summed E-state index contributed by atoms with van der Waals surface area (Å²) in [5.74, 6) is -0.153. The summed E-state index contributed by atoms with van der Waals surface area (Å²) < 4.78 is 27.4. The number of sulfone groups is 1. The molecule has 1 amide bonds. The molecule has 32 heavy (non-hydrogen) atoms. The highest BCUT2D eigenvalue weighted by molar-refractivity contribution is 7.90. The molecule has 0 saturated heterocycles. The van der Waals surface area contributed by atoms with E-state index in [2.05, 4.69) is 20.4 Å². The molecular weight excluding hydrogens is 476 g/mol. The third-order valence-electron chi connectivity index (χ3n) is 5.72. The Bertz CT molecular complexity index is 1320. The summed E-state index contributed by atoms with van der Waals surface area (Å²) in [6.45, 7) is 0. The molecule has 13 heteroatoms. The molecule has 1 saturated carbocycles. The molecule has 1 fully saturated rings. The summed E-state index contributed by atoms with van der Waals surface area (Å²) in [5.41, 5.74) is -0.466. The maximum Gasteiger partial charge on any atom is 0.266 e. The zero-order chi connectivity index (χ0) is 23.0. The Morgan fingerprint density at radius 3 is 2.66 bits per heavy atom. The van der Waals surface area contributed by atoms with E-state index in [1.165, 1.54) is 28.8 Å². The summed E-state index contributed by atoms with van der Waals surface area (Å²) in [5, 5.41) is 6.59. The van der Waals surface area contributed by atoms with Crippen molar-refractivity contribution in [1.29, 1.82) is 0 Å². The number of carbonyl (C=O) groups is 1. The standard InChI is InChI=1S/C19H23ClN6O4S2/c1-25-15-14(17(24-25)32(2,29)30)18(28)26(10-22-15)12(8-11-6-4-3-5-7-11)16(27)23-19-21-9-13(20)31-19/h9-12H,3-8H2,1-2H3,(H,21,23,27). The highest BCUT2D eigenvalue weighted by Gasteiger charge is 2.30. The van der Waals surface area contributed by atoms with Crippen LogP contribution in [0, 0.1) is 5.92 Å². The first-order valence-electron chi connectivity index (χ1n) is 10.2. The molecule has 0 spiro atoms. The minimum atomic E-state index is -3.78. The van der Waals surface area contributed by atoms with Crippen LogP contribution in [0.4, 0.5) is 5.13 Å². The zero-order valence-electron chi connectivity index (χ0n) is 17.6. The van der Waals surface area contributed by atoms with Crippen molar-refractivity contribution in [3.8, 4) is 0 Å². The first-order chi connectivity index (χ1) is 15.1. The van der Waals surface area contributed by atoms with Crippen molar-refractivity contribution in [1.82, 2.24) is 24.3 Å². The number of anilines is 1. The molecule has 1 aliphatic carbocycles. The molecule has 1 atom stereocenters. The van der Waals surface area contributed by atoms with E-state index < -0.39 is 27.3 Å². The Labute approximate surface area is 193 Å². The van der Waals surface area contributed by atoms with Gasteiger partial charge in [-0.15, -0.1) is 0 Å². The van der Waals surface area contributed by atoms with Gasteiger partial charge in [-0.1, -0.05) is 55.0 Å². The number of halogens is 1. The number of rotatable bonds is 6. The molecule has 3 heterocycles. The lowest BCUT2D eigenvalue weighted by molar-refractivity contribution is -0.120. The van der Waals surface area contributed by atoms with Gasteiger partial charge in [-0.3, -0.25) is 14.2 Å². The fourth-order valence-corrected chi connectivity index (χ4v) is 5.83. The number of carbonyl (C=O) groups excluding carboxylic acids is 1. The van der Waals surface area contributed by atoms with Crippen LogP contribution in [0.25, 0.3) is 11.0 Å². The van der Waals surface area contributed by atoms with Gasteiger partial charge in [0, 0.05) is 13.3 Å². The normalized spacial score (nSPS) is 16.3. The molecule has 3 aromatic heterocycles. The molecule has 1 aliphatic rings. The maximum absolute atomic E-state index is 13.4. The highest BCUT2D eigenvalue weighted by atomic mass is 35.5. The smallest absolute Gasteiger partial charge is 0.266 e. The third-order valence-corrected chi connectivity index (χ3v) is 7.73. The van der Waals surface area contributed by atoms with Crippen LogP contribution in [0.2, 0.25) is 4.34 Å². The molecule has 10 nitrogen and oxygen atoms in total. The van der Waals surface area contributed by atoms with Crippen molar-refractivity contribution >= 4 is 54.8 Å². The second kappa shape index (κ2) is 8.91. The van der Waals surface area contributed by atoms with E-state index >= 15 is 0 Å². The van der Waals surface area contributed by atoms with Gasteiger partial charge in [-0.25, -0.2) is 23.1 Å². The second-order valence-electron chi connectivity index (χ2n) is 8.07. The van der Waals surface area contributed by atoms with Crippen LogP contribution in [-0.4, -0.2) is 44.9 Å². The molecular formula is C19H23ClN6O4S2. The fourth-order valence-electron chi connectivity index (χ4n) is 4.19. The first-order valence-corrected chi connectivity index (χ1v) is 13.3. The summed E-state index contributed by atoms with van der Waals surface area (Å²) in [4.78, 5) is 35.0. The fraction of sp³-hybridized carbons (Fsp3) is 0.526. The van der Waals surface area contributed by atoms with Crippen LogP contribution in [0.15, 0.2) is 22.3 Å². The lowest BCUT2D eigenvalue weighted by Gasteiger charge is -2.26.